The number of aromatic nitrogens is 3. The summed E-state index contributed by atoms with van der Waals surface area (Å²) in [4.78, 5) is 0.914. The average molecular weight is 288 g/mol. The number of halogens is 1. The van der Waals surface area contributed by atoms with Gasteiger partial charge in [0, 0.05) is 15.5 Å². The van der Waals surface area contributed by atoms with E-state index in [2.05, 4.69) is 22.8 Å². The summed E-state index contributed by atoms with van der Waals surface area (Å²) in [6, 6.07) is 15.4. The SMILES string of the molecule is Sc1ccc(-c2nncn2-c2cccc(Cl)c2)cc1. The summed E-state index contributed by atoms with van der Waals surface area (Å²) in [6.45, 7) is 0. The lowest BCUT2D eigenvalue weighted by atomic mass is 10.2. The maximum Gasteiger partial charge on any atom is 0.168 e. The van der Waals surface area contributed by atoms with E-state index in [1.54, 1.807) is 6.33 Å². The molecule has 0 unspecified atom stereocenters. The Morgan fingerprint density at radius 2 is 1.84 bits per heavy atom. The van der Waals surface area contributed by atoms with Gasteiger partial charge in [-0.15, -0.1) is 22.8 Å². The quantitative estimate of drug-likeness (QED) is 0.725. The van der Waals surface area contributed by atoms with E-state index in [-0.39, 0.29) is 0 Å². The summed E-state index contributed by atoms with van der Waals surface area (Å²) in [7, 11) is 0. The molecule has 3 rings (SSSR count). The second-order valence-corrected chi connectivity index (χ2v) is 5.00. The van der Waals surface area contributed by atoms with Gasteiger partial charge in [-0.25, -0.2) is 0 Å². The standard InChI is InChI=1S/C14H10ClN3S/c15-11-2-1-3-12(8-11)18-9-16-17-14(18)10-4-6-13(19)7-5-10/h1-9,19H. The Kier molecular flexibility index (Phi) is 3.27. The molecule has 0 aliphatic carbocycles. The topological polar surface area (TPSA) is 30.7 Å². The van der Waals surface area contributed by atoms with Crippen LogP contribution in [0.4, 0.5) is 0 Å². The van der Waals surface area contributed by atoms with E-state index >= 15 is 0 Å². The lowest BCUT2D eigenvalue weighted by Gasteiger charge is -2.07. The first-order valence-electron chi connectivity index (χ1n) is 5.69. The third-order valence-corrected chi connectivity index (χ3v) is 3.29. The number of benzene rings is 2. The Morgan fingerprint density at radius 3 is 2.58 bits per heavy atom. The summed E-state index contributed by atoms with van der Waals surface area (Å²) in [5.74, 6) is 0.774. The van der Waals surface area contributed by atoms with Gasteiger partial charge in [-0.3, -0.25) is 4.57 Å². The van der Waals surface area contributed by atoms with Gasteiger partial charge < -0.3 is 0 Å². The van der Waals surface area contributed by atoms with E-state index in [0.717, 1.165) is 22.0 Å². The Balaban J connectivity index is 2.10. The highest BCUT2D eigenvalue weighted by Gasteiger charge is 2.08. The van der Waals surface area contributed by atoms with Gasteiger partial charge in [-0.1, -0.05) is 29.8 Å². The minimum atomic E-state index is 0.683. The highest BCUT2D eigenvalue weighted by molar-refractivity contribution is 7.80. The molecule has 0 radical (unpaired) electrons. The van der Waals surface area contributed by atoms with Crippen molar-refractivity contribution in [3.05, 3.63) is 59.9 Å². The van der Waals surface area contributed by atoms with Crippen LogP contribution in [0, 0.1) is 0 Å². The molecule has 0 bridgehead atoms. The largest absolute Gasteiger partial charge is 0.282 e. The van der Waals surface area contributed by atoms with Crippen LogP contribution in [0.1, 0.15) is 0 Å². The molecule has 0 atom stereocenters. The predicted molar refractivity (Wildman–Crippen MR) is 79.1 cm³/mol. The third-order valence-electron chi connectivity index (χ3n) is 2.76. The third kappa shape index (κ3) is 2.50. The Morgan fingerprint density at radius 1 is 1.05 bits per heavy atom. The molecule has 0 aliphatic heterocycles. The van der Waals surface area contributed by atoms with Crippen molar-refractivity contribution in [2.75, 3.05) is 0 Å². The molecule has 0 aliphatic rings. The zero-order valence-electron chi connectivity index (χ0n) is 9.86. The maximum atomic E-state index is 6.02. The van der Waals surface area contributed by atoms with Crippen molar-refractivity contribution >= 4 is 24.2 Å². The lowest BCUT2D eigenvalue weighted by molar-refractivity contribution is 1.06. The van der Waals surface area contributed by atoms with Gasteiger partial charge in [0.25, 0.3) is 0 Å². The second kappa shape index (κ2) is 5.07. The smallest absolute Gasteiger partial charge is 0.168 e. The molecule has 5 heteroatoms. The van der Waals surface area contributed by atoms with E-state index in [1.807, 2.05) is 53.1 Å². The first-order chi connectivity index (χ1) is 9.24. The van der Waals surface area contributed by atoms with Crippen LogP contribution in [0.2, 0.25) is 5.02 Å². The van der Waals surface area contributed by atoms with Crippen molar-refractivity contribution in [3.63, 3.8) is 0 Å². The summed E-state index contributed by atoms with van der Waals surface area (Å²) in [5, 5.41) is 8.83. The molecule has 0 N–H and O–H groups in total. The summed E-state index contributed by atoms with van der Waals surface area (Å²) < 4.78 is 1.90. The summed E-state index contributed by atoms with van der Waals surface area (Å²) in [5.41, 5.74) is 1.91. The van der Waals surface area contributed by atoms with Crippen LogP contribution in [0.15, 0.2) is 59.8 Å². The van der Waals surface area contributed by atoms with Crippen LogP contribution < -0.4 is 0 Å². The molecule has 0 fully saturated rings. The highest BCUT2D eigenvalue weighted by atomic mass is 35.5. The van der Waals surface area contributed by atoms with Gasteiger partial charge in [-0.2, -0.15) is 0 Å². The van der Waals surface area contributed by atoms with Gasteiger partial charge in [0.1, 0.15) is 6.33 Å². The Bertz CT molecular complexity index is 707. The average Bonchev–Trinajstić information content (AvgIpc) is 2.89. The fraction of sp³-hybridized carbons (Fsp3) is 0. The molecule has 19 heavy (non-hydrogen) atoms. The molecule has 0 spiro atoms. The van der Waals surface area contributed by atoms with Crippen molar-refractivity contribution < 1.29 is 0 Å². The van der Waals surface area contributed by atoms with Crippen LogP contribution in [0.5, 0.6) is 0 Å². The zero-order valence-corrected chi connectivity index (χ0v) is 11.5. The highest BCUT2D eigenvalue weighted by Crippen LogP contribution is 2.23. The predicted octanol–water partition coefficient (Wildman–Crippen LogP) is 3.88. The number of rotatable bonds is 2. The van der Waals surface area contributed by atoms with Crippen molar-refractivity contribution in [2.24, 2.45) is 0 Å². The minimum Gasteiger partial charge on any atom is -0.282 e. The molecule has 3 nitrogen and oxygen atoms in total. The number of thiol groups is 1. The normalized spacial score (nSPS) is 10.6. The van der Waals surface area contributed by atoms with Gasteiger partial charge in [0.15, 0.2) is 5.82 Å². The van der Waals surface area contributed by atoms with Gasteiger partial charge >= 0.3 is 0 Å². The van der Waals surface area contributed by atoms with E-state index in [0.29, 0.717) is 5.02 Å². The monoisotopic (exact) mass is 287 g/mol. The van der Waals surface area contributed by atoms with Crippen LogP contribution in [-0.2, 0) is 0 Å². The van der Waals surface area contributed by atoms with Crippen LogP contribution in [-0.4, -0.2) is 14.8 Å². The fourth-order valence-electron chi connectivity index (χ4n) is 1.86. The van der Waals surface area contributed by atoms with Crippen LogP contribution >= 0.6 is 24.2 Å². The number of hydrogen-bond donors (Lipinski definition) is 1. The number of nitrogens with zero attached hydrogens (tertiary/aromatic N) is 3. The minimum absolute atomic E-state index is 0.683. The molecule has 2 aromatic carbocycles. The first kappa shape index (κ1) is 12.3. The van der Waals surface area contributed by atoms with E-state index in [1.165, 1.54) is 0 Å². The zero-order chi connectivity index (χ0) is 13.2. The Labute approximate surface area is 121 Å². The fourth-order valence-corrected chi connectivity index (χ4v) is 2.19. The lowest BCUT2D eigenvalue weighted by Crippen LogP contribution is -1.95. The molecular weight excluding hydrogens is 278 g/mol. The van der Waals surface area contributed by atoms with Gasteiger partial charge in [0.2, 0.25) is 0 Å². The summed E-state index contributed by atoms with van der Waals surface area (Å²) in [6.07, 6.45) is 1.68. The van der Waals surface area contributed by atoms with Gasteiger partial charge in [0.05, 0.1) is 5.69 Å². The molecule has 3 aromatic rings. The molecule has 0 amide bonds. The van der Waals surface area contributed by atoms with E-state index in [4.69, 9.17) is 11.6 Å². The van der Waals surface area contributed by atoms with Crippen LogP contribution in [0.25, 0.3) is 17.1 Å². The van der Waals surface area contributed by atoms with Crippen molar-refractivity contribution in [1.82, 2.24) is 14.8 Å². The molecule has 1 aromatic heterocycles. The van der Waals surface area contributed by atoms with E-state index < -0.39 is 0 Å². The first-order valence-corrected chi connectivity index (χ1v) is 6.52. The van der Waals surface area contributed by atoms with Crippen molar-refractivity contribution in [2.45, 2.75) is 4.90 Å². The molecular formula is C14H10ClN3S. The van der Waals surface area contributed by atoms with E-state index in [9.17, 15) is 0 Å². The number of hydrogen-bond acceptors (Lipinski definition) is 3. The van der Waals surface area contributed by atoms with Crippen LogP contribution in [0.3, 0.4) is 0 Å². The molecule has 1 heterocycles. The summed E-state index contributed by atoms with van der Waals surface area (Å²) >= 11 is 10.3. The van der Waals surface area contributed by atoms with Crippen molar-refractivity contribution in [1.29, 1.82) is 0 Å². The van der Waals surface area contributed by atoms with Crippen molar-refractivity contribution in [3.8, 4) is 17.1 Å². The second-order valence-electron chi connectivity index (χ2n) is 4.05. The molecule has 94 valence electrons. The Hall–Kier alpha value is -1.78. The molecule has 0 saturated heterocycles. The van der Waals surface area contributed by atoms with Gasteiger partial charge in [-0.05, 0) is 30.3 Å². The molecule has 0 saturated carbocycles. The maximum absolute atomic E-state index is 6.02.